The Bertz CT molecular complexity index is 1360. The van der Waals surface area contributed by atoms with Crippen LogP contribution in [0, 0.1) is 0 Å². The van der Waals surface area contributed by atoms with Crippen molar-refractivity contribution < 1.29 is 29.0 Å². The number of nitrogens with zero attached hydrogens (tertiary/aromatic N) is 1. The van der Waals surface area contributed by atoms with E-state index in [4.69, 9.17) is 9.47 Å². The highest BCUT2D eigenvalue weighted by Gasteiger charge is 2.43. The smallest absolute Gasteiger partial charge is 0.305 e. The number of carboxylic acid groups (broad SMARTS) is 1. The van der Waals surface area contributed by atoms with Crippen molar-refractivity contribution in [1.82, 2.24) is 4.90 Å². The van der Waals surface area contributed by atoms with Gasteiger partial charge in [-0.2, -0.15) is 0 Å². The van der Waals surface area contributed by atoms with E-state index >= 15 is 0 Å². The van der Waals surface area contributed by atoms with Gasteiger partial charge in [-0.25, -0.2) is 0 Å². The molecule has 0 saturated heterocycles. The summed E-state index contributed by atoms with van der Waals surface area (Å²) >= 11 is 0. The highest BCUT2D eigenvalue weighted by atomic mass is 16.5. The van der Waals surface area contributed by atoms with Gasteiger partial charge in [-0.3, -0.25) is 14.4 Å². The summed E-state index contributed by atoms with van der Waals surface area (Å²) < 4.78 is 12.1. The Morgan fingerprint density at radius 3 is 2.25 bits per heavy atom. The van der Waals surface area contributed by atoms with E-state index in [1.165, 1.54) is 0 Å². The summed E-state index contributed by atoms with van der Waals surface area (Å²) in [5.74, 6) is -0.236. The maximum Gasteiger partial charge on any atom is 0.305 e. The van der Waals surface area contributed by atoms with E-state index < -0.39 is 11.9 Å². The van der Waals surface area contributed by atoms with Gasteiger partial charge in [-0.1, -0.05) is 42.5 Å². The minimum atomic E-state index is -0.902. The van der Waals surface area contributed by atoms with Crippen LogP contribution in [-0.4, -0.2) is 41.2 Å². The molecule has 1 N–H and O–H groups in total. The Morgan fingerprint density at radius 1 is 1.02 bits per heavy atom. The molecular formula is C33H35NO6. The molecule has 7 nitrogen and oxygen atoms in total. The molecule has 0 spiro atoms. The van der Waals surface area contributed by atoms with Crippen LogP contribution >= 0.6 is 0 Å². The molecule has 5 rings (SSSR count). The van der Waals surface area contributed by atoms with Crippen molar-refractivity contribution in [3.8, 4) is 11.5 Å². The third-order valence-corrected chi connectivity index (χ3v) is 7.93. The Hall–Kier alpha value is -4.13. The first-order chi connectivity index (χ1) is 19.4. The van der Waals surface area contributed by atoms with Crippen LogP contribution in [0.15, 0.2) is 77.7 Å². The topological polar surface area (TPSA) is 93.1 Å². The number of hydrogen-bond donors (Lipinski definition) is 1. The molecule has 0 fully saturated rings. The van der Waals surface area contributed by atoms with Crippen molar-refractivity contribution in [1.29, 1.82) is 0 Å². The minimum absolute atomic E-state index is 0.0186. The number of Topliss-reactive ketones (excluding diaryl/α,β-unsaturated/α-hetero) is 2. The third-order valence-electron chi connectivity index (χ3n) is 7.93. The molecule has 40 heavy (non-hydrogen) atoms. The molecule has 0 unspecified atom stereocenters. The molecule has 1 heterocycles. The first-order valence-corrected chi connectivity index (χ1v) is 13.9. The maximum atomic E-state index is 13.6. The van der Waals surface area contributed by atoms with Crippen LogP contribution in [-0.2, 0) is 27.4 Å². The van der Waals surface area contributed by atoms with Crippen LogP contribution in [0.2, 0.25) is 0 Å². The molecule has 0 aromatic heterocycles. The van der Waals surface area contributed by atoms with Crippen LogP contribution < -0.4 is 9.47 Å². The van der Waals surface area contributed by atoms with Gasteiger partial charge in [-0.15, -0.1) is 6.58 Å². The molecule has 0 saturated carbocycles. The fourth-order valence-electron chi connectivity index (χ4n) is 6.23. The van der Waals surface area contributed by atoms with Crippen LogP contribution in [0.5, 0.6) is 11.5 Å². The van der Waals surface area contributed by atoms with Crippen LogP contribution in [0.1, 0.15) is 67.6 Å². The monoisotopic (exact) mass is 541 g/mol. The van der Waals surface area contributed by atoms with Crippen molar-refractivity contribution in [2.45, 2.75) is 63.9 Å². The molecular weight excluding hydrogens is 506 g/mol. The van der Waals surface area contributed by atoms with Gasteiger partial charge in [-0.05, 0) is 49.3 Å². The van der Waals surface area contributed by atoms with E-state index in [9.17, 15) is 19.5 Å². The Kier molecular flexibility index (Phi) is 8.19. The molecule has 208 valence electrons. The van der Waals surface area contributed by atoms with Gasteiger partial charge in [0.25, 0.3) is 0 Å². The molecule has 1 aliphatic heterocycles. The normalized spacial score (nSPS) is 17.5. The fraction of sp³-hybridized carbons (Fsp3) is 0.364. The van der Waals surface area contributed by atoms with Gasteiger partial charge in [0.2, 0.25) is 0 Å². The van der Waals surface area contributed by atoms with Crippen LogP contribution in [0.3, 0.4) is 0 Å². The lowest BCUT2D eigenvalue weighted by molar-refractivity contribution is -0.137. The van der Waals surface area contributed by atoms with Gasteiger partial charge < -0.3 is 19.5 Å². The van der Waals surface area contributed by atoms with E-state index in [-0.39, 0.29) is 24.5 Å². The molecule has 2 aromatic carbocycles. The number of hydrogen-bond acceptors (Lipinski definition) is 6. The van der Waals surface area contributed by atoms with Gasteiger partial charge in [0.1, 0.15) is 6.61 Å². The van der Waals surface area contributed by atoms with E-state index in [1.807, 2.05) is 47.4 Å². The number of methoxy groups -OCH3 is 1. The second-order valence-corrected chi connectivity index (χ2v) is 10.5. The number of benzene rings is 2. The van der Waals surface area contributed by atoms with Gasteiger partial charge >= 0.3 is 5.97 Å². The van der Waals surface area contributed by atoms with Crippen LogP contribution in [0.25, 0.3) is 0 Å². The average Bonchev–Trinajstić information content (AvgIpc) is 2.95. The number of carbonyl (C=O) groups is 3. The van der Waals surface area contributed by atoms with E-state index in [0.29, 0.717) is 74.2 Å². The van der Waals surface area contributed by atoms with Crippen molar-refractivity contribution in [2.75, 3.05) is 13.7 Å². The number of rotatable bonds is 10. The molecule has 0 radical (unpaired) electrons. The summed E-state index contributed by atoms with van der Waals surface area (Å²) in [6.07, 6.45) is 5.85. The quantitative estimate of drug-likeness (QED) is 0.375. The zero-order chi connectivity index (χ0) is 28.2. The SMILES string of the molecule is C=CCc1cc(C2C3=C(CCCC3=O)N(CCC(=O)O)C3=C2C(=O)CCC3)cc(OC)c1OCc1ccccc1. The fourth-order valence-corrected chi connectivity index (χ4v) is 6.23. The summed E-state index contributed by atoms with van der Waals surface area (Å²) in [6, 6.07) is 13.8. The van der Waals surface area contributed by atoms with Gasteiger partial charge in [0.05, 0.1) is 13.5 Å². The molecule has 0 atom stereocenters. The second kappa shape index (κ2) is 11.9. The Morgan fingerprint density at radius 2 is 1.68 bits per heavy atom. The molecule has 2 aliphatic carbocycles. The lowest BCUT2D eigenvalue weighted by Gasteiger charge is -2.44. The number of carbonyl (C=O) groups excluding carboxylic acids is 2. The zero-order valence-corrected chi connectivity index (χ0v) is 22.9. The zero-order valence-electron chi connectivity index (χ0n) is 22.9. The second-order valence-electron chi connectivity index (χ2n) is 10.5. The number of ketones is 2. The first-order valence-electron chi connectivity index (χ1n) is 13.9. The van der Waals surface area contributed by atoms with Crippen molar-refractivity contribution in [2.24, 2.45) is 0 Å². The molecule has 0 amide bonds. The third kappa shape index (κ3) is 5.33. The summed E-state index contributed by atoms with van der Waals surface area (Å²) in [7, 11) is 1.59. The molecule has 0 bridgehead atoms. The van der Waals surface area contributed by atoms with E-state index in [1.54, 1.807) is 13.2 Å². The highest BCUT2D eigenvalue weighted by Crippen LogP contribution is 2.50. The maximum absolute atomic E-state index is 13.6. The minimum Gasteiger partial charge on any atom is -0.493 e. The highest BCUT2D eigenvalue weighted by molar-refractivity contribution is 6.06. The summed E-state index contributed by atoms with van der Waals surface area (Å²) in [6.45, 7) is 4.55. The van der Waals surface area contributed by atoms with Crippen LogP contribution in [0.4, 0.5) is 0 Å². The standard InChI is InChI=1S/C33H35NO6/c1-3-9-22-18-23(19-28(39-2)33(22)40-20-21-10-5-4-6-11-21)30-31-24(12-7-14-26(31)35)34(17-16-29(37)38)25-13-8-15-27(36)32(25)30/h3-6,10-11,18-19,30H,1,7-9,12-17,20H2,2H3,(H,37,38). The predicted molar refractivity (Wildman–Crippen MR) is 151 cm³/mol. The number of carboxylic acids is 1. The van der Waals surface area contributed by atoms with Crippen molar-refractivity contribution in [3.63, 3.8) is 0 Å². The largest absolute Gasteiger partial charge is 0.493 e. The summed E-state index contributed by atoms with van der Waals surface area (Å²) in [4.78, 5) is 40.6. The van der Waals surface area contributed by atoms with E-state index in [2.05, 4.69) is 6.58 Å². The molecule has 2 aromatic rings. The molecule has 7 heteroatoms. The van der Waals surface area contributed by atoms with Gasteiger partial charge in [0, 0.05) is 53.4 Å². The Labute approximate surface area is 234 Å². The number of ether oxygens (including phenoxy) is 2. The first kappa shape index (κ1) is 27.4. The average molecular weight is 542 g/mol. The number of allylic oxidation sites excluding steroid dienone is 5. The number of aliphatic carboxylic acids is 1. The molecule has 3 aliphatic rings. The predicted octanol–water partition coefficient (Wildman–Crippen LogP) is 5.89. The lowest BCUT2D eigenvalue weighted by Crippen LogP contribution is -2.40. The van der Waals surface area contributed by atoms with E-state index in [0.717, 1.165) is 28.1 Å². The lowest BCUT2D eigenvalue weighted by atomic mass is 9.70. The van der Waals surface area contributed by atoms with Crippen molar-refractivity contribution in [3.05, 3.63) is 94.4 Å². The van der Waals surface area contributed by atoms with Crippen molar-refractivity contribution >= 4 is 17.5 Å². The summed E-state index contributed by atoms with van der Waals surface area (Å²) in [5, 5.41) is 9.42. The van der Waals surface area contributed by atoms with Gasteiger partial charge in [0.15, 0.2) is 23.1 Å². The summed E-state index contributed by atoms with van der Waals surface area (Å²) in [5.41, 5.74) is 5.67. The Balaban J connectivity index is 1.64.